The Bertz CT molecular complexity index is 700. The monoisotopic (exact) mass is 367 g/mol. The summed E-state index contributed by atoms with van der Waals surface area (Å²) >= 11 is 0. The number of aromatic nitrogens is 4. The van der Waals surface area contributed by atoms with Gasteiger partial charge in [0.15, 0.2) is 5.65 Å². The standard InChI is InChI=1S/C14H19N5O4.C2H6O/c1-9(20)22-6-11(7-23-10(2)21)3-4-19-8-17-12-5-16-14(15)18-13(12)19;1-2-3/h5,8,11H,3-4,6-7H2,1-2H3,(H2,15,16,18);3H,2H2,1H3. The minimum Gasteiger partial charge on any atom is -0.465 e. The largest absolute Gasteiger partial charge is 0.465 e. The number of hydrogen-bond donors (Lipinski definition) is 2. The molecule has 2 heterocycles. The molecule has 0 spiro atoms. The lowest BCUT2D eigenvalue weighted by molar-refractivity contribution is -0.146. The summed E-state index contributed by atoms with van der Waals surface area (Å²) in [4.78, 5) is 34.2. The second-order valence-corrected chi connectivity index (χ2v) is 5.45. The van der Waals surface area contributed by atoms with E-state index in [-0.39, 0.29) is 43.6 Å². The van der Waals surface area contributed by atoms with Crippen LogP contribution in [-0.4, -0.2) is 56.4 Å². The van der Waals surface area contributed by atoms with E-state index in [9.17, 15) is 9.59 Å². The van der Waals surface area contributed by atoms with E-state index in [1.54, 1.807) is 19.4 Å². The number of nitrogens with zero attached hydrogens (tertiary/aromatic N) is 4. The van der Waals surface area contributed by atoms with Crippen molar-refractivity contribution in [3.63, 3.8) is 0 Å². The molecular formula is C16H25N5O5. The fourth-order valence-corrected chi connectivity index (χ4v) is 2.04. The van der Waals surface area contributed by atoms with Crippen molar-refractivity contribution in [2.24, 2.45) is 5.92 Å². The Morgan fingerprint density at radius 2 is 1.81 bits per heavy atom. The fourth-order valence-electron chi connectivity index (χ4n) is 2.04. The number of anilines is 1. The van der Waals surface area contributed by atoms with Crippen molar-refractivity contribution >= 4 is 29.1 Å². The number of carbonyl (C=O) groups excluding carboxylic acids is 2. The van der Waals surface area contributed by atoms with Gasteiger partial charge in [-0.3, -0.25) is 9.59 Å². The second kappa shape index (κ2) is 11.0. The quantitative estimate of drug-likeness (QED) is 0.670. The molecule has 3 N–H and O–H groups in total. The first-order chi connectivity index (χ1) is 12.4. The highest BCUT2D eigenvalue weighted by atomic mass is 16.5. The number of aliphatic hydroxyl groups excluding tert-OH is 1. The fraction of sp³-hybridized carbons (Fsp3) is 0.562. The highest BCUT2D eigenvalue weighted by Crippen LogP contribution is 2.13. The van der Waals surface area contributed by atoms with E-state index in [1.807, 2.05) is 4.57 Å². The van der Waals surface area contributed by atoms with Crippen LogP contribution >= 0.6 is 0 Å². The third-order valence-electron chi connectivity index (χ3n) is 3.20. The number of fused-ring (bicyclic) bond motifs is 1. The molecule has 0 saturated heterocycles. The number of ether oxygens (including phenoxy) is 2. The van der Waals surface area contributed by atoms with Gasteiger partial charge >= 0.3 is 11.9 Å². The van der Waals surface area contributed by atoms with Gasteiger partial charge in [0, 0.05) is 32.9 Å². The van der Waals surface area contributed by atoms with E-state index in [1.165, 1.54) is 13.8 Å². The van der Waals surface area contributed by atoms with Crippen molar-refractivity contribution in [3.05, 3.63) is 12.5 Å². The van der Waals surface area contributed by atoms with Crippen LogP contribution in [0, 0.1) is 5.92 Å². The lowest BCUT2D eigenvalue weighted by Crippen LogP contribution is -2.21. The van der Waals surface area contributed by atoms with Gasteiger partial charge in [-0.15, -0.1) is 0 Å². The molecule has 2 rings (SSSR count). The molecular weight excluding hydrogens is 342 g/mol. The summed E-state index contributed by atoms with van der Waals surface area (Å²) in [6, 6.07) is 0. The van der Waals surface area contributed by atoms with Gasteiger partial charge in [0.05, 0.1) is 25.7 Å². The molecule has 0 unspecified atom stereocenters. The summed E-state index contributed by atoms with van der Waals surface area (Å²) < 4.78 is 11.9. The molecule has 0 aliphatic rings. The van der Waals surface area contributed by atoms with Crippen LogP contribution < -0.4 is 5.73 Å². The number of rotatable bonds is 7. The lowest BCUT2D eigenvalue weighted by Gasteiger charge is -2.16. The van der Waals surface area contributed by atoms with Gasteiger partial charge in [-0.2, -0.15) is 4.98 Å². The Morgan fingerprint density at radius 3 is 2.35 bits per heavy atom. The van der Waals surface area contributed by atoms with Crippen molar-refractivity contribution in [1.29, 1.82) is 0 Å². The van der Waals surface area contributed by atoms with Crippen molar-refractivity contribution in [2.45, 2.75) is 33.7 Å². The van der Waals surface area contributed by atoms with E-state index < -0.39 is 0 Å². The molecule has 10 nitrogen and oxygen atoms in total. The zero-order valence-electron chi connectivity index (χ0n) is 15.2. The number of nitrogens with two attached hydrogens (primary N) is 1. The first-order valence-corrected chi connectivity index (χ1v) is 8.18. The number of nitrogen functional groups attached to an aromatic ring is 1. The molecule has 0 atom stereocenters. The molecule has 0 radical (unpaired) electrons. The number of aliphatic hydroxyl groups is 1. The van der Waals surface area contributed by atoms with Crippen molar-refractivity contribution in [1.82, 2.24) is 19.5 Å². The molecule has 0 bridgehead atoms. The van der Waals surface area contributed by atoms with Crippen LogP contribution in [0.2, 0.25) is 0 Å². The Hall–Kier alpha value is -2.75. The lowest BCUT2D eigenvalue weighted by atomic mass is 10.1. The summed E-state index contributed by atoms with van der Waals surface area (Å²) in [5, 5.41) is 7.57. The first-order valence-electron chi connectivity index (χ1n) is 8.18. The van der Waals surface area contributed by atoms with Gasteiger partial charge < -0.3 is 24.9 Å². The number of carbonyl (C=O) groups is 2. The highest BCUT2D eigenvalue weighted by molar-refractivity contribution is 5.70. The van der Waals surface area contributed by atoms with E-state index >= 15 is 0 Å². The number of esters is 2. The van der Waals surface area contributed by atoms with Gasteiger partial charge in [0.2, 0.25) is 5.95 Å². The molecule has 0 amide bonds. The van der Waals surface area contributed by atoms with Crippen LogP contribution in [0.1, 0.15) is 27.2 Å². The first kappa shape index (κ1) is 21.3. The van der Waals surface area contributed by atoms with E-state index in [0.717, 1.165) is 0 Å². The minimum atomic E-state index is -0.369. The molecule has 0 fully saturated rings. The summed E-state index contributed by atoms with van der Waals surface area (Å²) in [6.45, 7) is 5.55. The number of aryl methyl sites for hydroxylation is 1. The van der Waals surface area contributed by atoms with Crippen LogP contribution in [0.4, 0.5) is 5.95 Å². The minimum absolute atomic E-state index is 0.112. The summed E-state index contributed by atoms with van der Waals surface area (Å²) in [7, 11) is 0. The molecule has 2 aromatic heterocycles. The third-order valence-corrected chi connectivity index (χ3v) is 3.20. The average molecular weight is 367 g/mol. The van der Waals surface area contributed by atoms with E-state index in [4.69, 9.17) is 20.3 Å². The van der Waals surface area contributed by atoms with Crippen LogP contribution in [-0.2, 0) is 25.6 Å². The van der Waals surface area contributed by atoms with E-state index in [2.05, 4.69) is 15.0 Å². The van der Waals surface area contributed by atoms with Gasteiger partial charge in [0.25, 0.3) is 0 Å². The van der Waals surface area contributed by atoms with Crippen molar-refractivity contribution in [2.75, 3.05) is 25.6 Å². The molecule has 0 aliphatic heterocycles. The SMILES string of the molecule is CC(=O)OCC(CCn1cnc2cnc(N)nc21)COC(C)=O.CCO. The average Bonchev–Trinajstić information content (AvgIpc) is 2.96. The summed E-state index contributed by atoms with van der Waals surface area (Å²) in [5.74, 6) is -0.673. The maximum Gasteiger partial charge on any atom is 0.302 e. The number of imidazole rings is 1. The zero-order chi connectivity index (χ0) is 19.5. The predicted molar refractivity (Wildman–Crippen MR) is 93.9 cm³/mol. The van der Waals surface area contributed by atoms with Gasteiger partial charge in [-0.05, 0) is 13.3 Å². The number of hydrogen-bond acceptors (Lipinski definition) is 9. The Morgan fingerprint density at radius 1 is 1.23 bits per heavy atom. The van der Waals surface area contributed by atoms with Crippen molar-refractivity contribution < 1.29 is 24.2 Å². The Balaban J connectivity index is 0.00000105. The summed E-state index contributed by atoms with van der Waals surface area (Å²) in [6.07, 6.45) is 3.83. The zero-order valence-corrected chi connectivity index (χ0v) is 15.2. The van der Waals surface area contributed by atoms with Crippen LogP contribution in [0.15, 0.2) is 12.5 Å². The maximum atomic E-state index is 11.0. The Labute approximate surface area is 151 Å². The molecule has 0 aliphatic carbocycles. The third kappa shape index (κ3) is 7.43. The second-order valence-electron chi connectivity index (χ2n) is 5.45. The van der Waals surface area contributed by atoms with Crippen LogP contribution in [0.25, 0.3) is 11.2 Å². The molecule has 144 valence electrons. The maximum absolute atomic E-state index is 11.0. The molecule has 0 aromatic carbocycles. The van der Waals surface area contributed by atoms with E-state index in [0.29, 0.717) is 24.1 Å². The Kier molecular flexibility index (Phi) is 8.99. The summed E-state index contributed by atoms with van der Waals surface area (Å²) in [5.41, 5.74) is 6.88. The van der Waals surface area contributed by atoms with Crippen molar-refractivity contribution in [3.8, 4) is 0 Å². The van der Waals surface area contributed by atoms with Gasteiger partial charge in [-0.1, -0.05) is 0 Å². The molecule has 10 heteroatoms. The highest BCUT2D eigenvalue weighted by Gasteiger charge is 2.14. The smallest absolute Gasteiger partial charge is 0.302 e. The van der Waals surface area contributed by atoms with Crippen LogP contribution in [0.5, 0.6) is 0 Å². The van der Waals surface area contributed by atoms with Crippen LogP contribution in [0.3, 0.4) is 0 Å². The van der Waals surface area contributed by atoms with Gasteiger partial charge in [-0.25, -0.2) is 9.97 Å². The topological polar surface area (TPSA) is 142 Å². The molecule has 2 aromatic rings. The predicted octanol–water partition coefficient (Wildman–Crippen LogP) is 0.540. The van der Waals surface area contributed by atoms with Gasteiger partial charge in [0.1, 0.15) is 5.52 Å². The molecule has 26 heavy (non-hydrogen) atoms. The normalized spacial score (nSPS) is 10.3. The molecule has 0 saturated carbocycles.